The van der Waals surface area contributed by atoms with Crippen molar-refractivity contribution < 1.29 is 17.9 Å². The maximum Gasteiger partial charge on any atom is 0.253 e. The van der Waals surface area contributed by atoms with Gasteiger partial charge in [-0.3, -0.25) is 4.79 Å². The molecular weight excluding hydrogens is 348 g/mol. The van der Waals surface area contributed by atoms with Crippen LogP contribution >= 0.6 is 11.8 Å². The minimum atomic E-state index is -3.47. The number of likely N-dealkylation sites (tertiary alicyclic amines) is 1. The first kappa shape index (κ1) is 17.7. The van der Waals surface area contributed by atoms with Crippen molar-refractivity contribution in [1.82, 2.24) is 9.21 Å². The highest BCUT2D eigenvalue weighted by Gasteiger charge is 2.40. The van der Waals surface area contributed by atoms with E-state index in [1.165, 1.54) is 26.2 Å². The molecule has 2 aliphatic heterocycles. The summed E-state index contributed by atoms with van der Waals surface area (Å²) in [5, 5.41) is 0. The molecule has 0 unspecified atom stereocenters. The molecular formula is C16H22N2O4S2. The number of hydrogen-bond donors (Lipinski definition) is 0. The van der Waals surface area contributed by atoms with Gasteiger partial charge < -0.3 is 9.64 Å². The Morgan fingerprint density at radius 2 is 1.83 bits per heavy atom. The molecule has 24 heavy (non-hydrogen) atoms. The van der Waals surface area contributed by atoms with Crippen LogP contribution in [0.3, 0.4) is 0 Å². The Kier molecular flexibility index (Phi) is 4.92. The summed E-state index contributed by atoms with van der Waals surface area (Å²) in [6.45, 7) is 2.13. The fourth-order valence-corrected chi connectivity index (χ4v) is 5.08. The first-order chi connectivity index (χ1) is 11.3. The summed E-state index contributed by atoms with van der Waals surface area (Å²) in [4.78, 5) is 14.5. The van der Waals surface area contributed by atoms with Gasteiger partial charge in [0.25, 0.3) is 5.91 Å². The fraction of sp³-hybridized carbons (Fsp3) is 0.562. The van der Waals surface area contributed by atoms with Crippen molar-refractivity contribution in [2.24, 2.45) is 0 Å². The Morgan fingerprint density at radius 1 is 1.21 bits per heavy atom. The van der Waals surface area contributed by atoms with E-state index >= 15 is 0 Å². The Labute approximate surface area is 147 Å². The third-order valence-electron chi connectivity index (χ3n) is 4.51. The predicted molar refractivity (Wildman–Crippen MR) is 93.6 cm³/mol. The van der Waals surface area contributed by atoms with E-state index in [1.807, 2.05) is 16.7 Å². The lowest BCUT2D eigenvalue weighted by atomic mass is 10.1. The zero-order chi connectivity index (χ0) is 17.4. The lowest BCUT2D eigenvalue weighted by molar-refractivity contribution is 0.00352. The summed E-state index contributed by atoms with van der Waals surface area (Å²) >= 11 is 1.85. The van der Waals surface area contributed by atoms with Crippen molar-refractivity contribution in [1.29, 1.82) is 0 Å². The number of carbonyl (C=O) groups excluding carboxylic acids is 1. The molecule has 0 atom stereocenters. The number of sulfonamides is 1. The van der Waals surface area contributed by atoms with E-state index in [4.69, 9.17) is 4.74 Å². The van der Waals surface area contributed by atoms with Gasteiger partial charge in [0.1, 0.15) is 4.93 Å². The van der Waals surface area contributed by atoms with E-state index in [0.29, 0.717) is 18.7 Å². The van der Waals surface area contributed by atoms with Gasteiger partial charge in [-0.15, -0.1) is 11.8 Å². The quantitative estimate of drug-likeness (QED) is 0.809. The van der Waals surface area contributed by atoms with Crippen LogP contribution < -0.4 is 0 Å². The molecule has 2 fully saturated rings. The average molecular weight is 370 g/mol. The molecule has 8 heteroatoms. The van der Waals surface area contributed by atoms with Crippen LogP contribution in [-0.4, -0.2) is 68.0 Å². The Balaban J connectivity index is 1.68. The van der Waals surface area contributed by atoms with Crippen LogP contribution in [0.4, 0.5) is 0 Å². The first-order valence-corrected chi connectivity index (χ1v) is 10.4. The van der Waals surface area contributed by atoms with Crippen LogP contribution in [0.15, 0.2) is 29.2 Å². The van der Waals surface area contributed by atoms with Gasteiger partial charge in [-0.25, -0.2) is 12.7 Å². The number of amides is 1. The van der Waals surface area contributed by atoms with Crippen molar-refractivity contribution in [3.8, 4) is 0 Å². The van der Waals surface area contributed by atoms with E-state index in [1.54, 1.807) is 12.1 Å². The van der Waals surface area contributed by atoms with Crippen molar-refractivity contribution in [2.75, 3.05) is 39.5 Å². The molecule has 0 aliphatic carbocycles. The van der Waals surface area contributed by atoms with Gasteiger partial charge in [0, 0.05) is 51.3 Å². The zero-order valence-corrected chi connectivity index (χ0v) is 15.5. The molecule has 2 saturated heterocycles. The van der Waals surface area contributed by atoms with Crippen LogP contribution in [0.2, 0.25) is 0 Å². The molecule has 1 aromatic carbocycles. The number of benzene rings is 1. The first-order valence-electron chi connectivity index (χ1n) is 7.94. The summed E-state index contributed by atoms with van der Waals surface area (Å²) < 4.78 is 31.1. The molecule has 6 nitrogen and oxygen atoms in total. The van der Waals surface area contributed by atoms with E-state index < -0.39 is 10.0 Å². The maximum absolute atomic E-state index is 12.6. The van der Waals surface area contributed by atoms with Crippen LogP contribution in [0, 0.1) is 0 Å². The molecule has 1 aromatic rings. The molecule has 1 amide bonds. The molecule has 0 bridgehead atoms. The summed E-state index contributed by atoms with van der Waals surface area (Å²) in [6.07, 6.45) is 1.69. The van der Waals surface area contributed by atoms with Crippen molar-refractivity contribution in [2.45, 2.75) is 22.7 Å². The van der Waals surface area contributed by atoms with Crippen molar-refractivity contribution in [3.63, 3.8) is 0 Å². The number of carbonyl (C=O) groups is 1. The predicted octanol–water partition coefficient (Wildman–Crippen LogP) is 1.63. The van der Waals surface area contributed by atoms with Crippen molar-refractivity contribution >= 4 is 27.7 Å². The summed E-state index contributed by atoms with van der Waals surface area (Å²) in [7, 11) is -0.496. The largest absolute Gasteiger partial charge is 0.363 e. The minimum absolute atomic E-state index is 0.0540. The van der Waals surface area contributed by atoms with Gasteiger partial charge in [0.15, 0.2) is 0 Å². The second-order valence-electron chi connectivity index (χ2n) is 6.21. The Hall–Kier alpha value is -1.09. The topological polar surface area (TPSA) is 66.9 Å². The van der Waals surface area contributed by atoms with Gasteiger partial charge in [0.05, 0.1) is 11.5 Å². The monoisotopic (exact) mass is 370 g/mol. The van der Waals surface area contributed by atoms with E-state index in [9.17, 15) is 13.2 Å². The molecule has 0 N–H and O–H groups in total. The van der Waals surface area contributed by atoms with Crippen LogP contribution in [0.25, 0.3) is 0 Å². The van der Waals surface area contributed by atoms with Crippen LogP contribution in [-0.2, 0) is 14.8 Å². The third kappa shape index (κ3) is 3.33. The highest BCUT2D eigenvalue weighted by molar-refractivity contribution is 8.00. The van der Waals surface area contributed by atoms with Crippen molar-refractivity contribution in [3.05, 3.63) is 29.8 Å². The zero-order valence-electron chi connectivity index (χ0n) is 13.9. The minimum Gasteiger partial charge on any atom is -0.363 e. The molecule has 132 valence electrons. The van der Waals surface area contributed by atoms with Gasteiger partial charge in [-0.05, 0) is 24.3 Å². The lowest BCUT2D eigenvalue weighted by Gasteiger charge is -2.37. The average Bonchev–Trinajstić information content (AvgIpc) is 3.03. The Morgan fingerprint density at radius 3 is 2.33 bits per heavy atom. The Bertz CT molecular complexity index is 700. The van der Waals surface area contributed by atoms with Crippen LogP contribution in [0.1, 0.15) is 23.2 Å². The maximum atomic E-state index is 12.6. The molecule has 2 aliphatic rings. The number of ether oxygens (including phenoxy) is 1. The molecule has 0 saturated carbocycles. The lowest BCUT2D eigenvalue weighted by Crippen LogP contribution is -2.45. The van der Waals surface area contributed by atoms with Gasteiger partial charge in [-0.1, -0.05) is 0 Å². The summed E-state index contributed by atoms with van der Waals surface area (Å²) in [5.41, 5.74) is 0.517. The fourth-order valence-electron chi connectivity index (χ4n) is 3.00. The molecule has 0 aromatic heterocycles. The number of hydrogen-bond acceptors (Lipinski definition) is 5. The SMILES string of the molecule is CN(C)S(=O)(=O)c1ccc(C(=O)N2CCC3(CC2)OCCS3)cc1. The number of thioether (sulfide) groups is 1. The normalized spacial score (nSPS) is 20.7. The highest BCUT2D eigenvalue weighted by Crippen LogP contribution is 2.41. The molecule has 0 radical (unpaired) electrons. The number of nitrogens with zero attached hydrogens (tertiary/aromatic N) is 2. The molecule has 2 heterocycles. The number of piperidine rings is 1. The van der Waals surface area contributed by atoms with Crippen LogP contribution in [0.5, 0.6) is 0 Å². The molecule has 3 rings (SSSR count). The van der Waals surface area contributed by atoms with Gasteiger partial charge in [0.2, 0.25) is 10.0 Å². The summed E-state index contributed by atoms with van der Waals surface area (Å²) in [5.74, 6) is 0.970. The standard InChI is InChI=1S/C16H22N2O4S2/c1-17(2)24(20,21)14-5-3-13(4-6-14)15(19)18-9-7-16(8-10-18)22-11-12-23-16/h3-6H,7-12H2,1-2H3. The summed E-state index contributed by atoms with van der Waals surface area (Å²) in [6, 6.07) is 6.15. The van der Waals surface area contributed by atoms with E-state index in [-0.39, 0.29) is 15.7 Å². The molecule has 1 spiro atoms. The smallest absolute Gasteiger partial charge is 0.253 e. The highest BCUT2D eigenvalue weighted by atomic mass is 32.2. The van der Waals surface area contributed by atoms with Gasteiger partial charge in [-0.2, -0.15) is 0 Å². The second-order valence-corrected chi connectivity index (χ2v) is 9.80. The third-order valence-corrected chi connectivity index (χ3v) is 7.76. The van der Waals surface area contributed by atoms with Gasteiger partial charge >= 0.3 is 0 Å². The second kappa shape index (κ2) is 6.67. The van der Waals surface area contributed by atoms with E-state index in [0.717, 1.165) is 29.5 Å². The van der Waals surface area contributed by atoms with E-state index in [2.05, 4.69) is 0 Å². The number of rotatable bonds is 3.